The van der Waals surface area contributed by atoms with E-state index in [-0.39, 0.29) is 0 Å². The van der Waals surface area contributed by atoms with Gasteiger partial charge in [0.15, 0.2) is 0 Å². The van der Waals surface area contributed by atoms with Crippen molar-refractivity contribution in [2.75, 3.05) is 11.4 Å². The van der Waals surface area contributed by atoms with E-state index in [1.54, 1.807) is 0 Å². The van der Waals surface area contributed by atoms with Crippen LogP contribution in [0.15, 0.2) is 17.5 Å². The lowest BCUT2D eigenvalue weighted by molar-refractivity contribution is 0.202. The topological polar surface area (TPSA) is 40.5 Å². The van der Waals surface area contributed by atoms with E-state index in [0.29, 0.717) is 6.54 Å². The van der Waals surface area contributed by atoms with Crippen molar-refractivity contribution in [3.8, 4) is 0 Å². The van der Waals surface area contributed by atoms with Crippen LogP contribution in [0.3, 0.4) is 0 Å². The van der Waals surface area contributed by atoms with E-state index in [4.69, 9.17) is 5.11 Å². The van der Waals surface area contributed by atoms with Gasteiger partial charge in [-0.1, -0.05) is 6.92 Å². The molecule has 1 N–H and O–H groups in total. The zero-order valence-electron chi connectivity index (χ0n) is 6.86. The number of anilines is 1. The van der Waals surface area contributed by atoms with Gasteiger partial charge in [0, 0.05) is 6.54 Å². The van der Waals surface area contributed by atoms with Gasteiger partial charge in [-0.25, -0.2) is 4.79 Å². The van der Waals surface area contributed by atoms with Crippen molar-refractivity contribution in [3.05, 3.63) is 17.5 Å². The highest BCUT2D eigenvalue weighted by Gasteiger charge is 2.12. The lowest BCUT2D eigenvalue weighted by atomic mass is 10.4. The number of hydrogen-bond acceptors (Lipinski definition) is 2. The fraction of sp³-hybridized carbons (Fsp3) is 0.375. The van der Waals surface area contributed by atoms with Gasteiger partial charge in [-0.3, -0.25) is 4.90 Å². The molecule has 0 radical (unpaired) electrons. The molecule has 4 heteroatoms. The standard InChI is InChI=1S/C8H11NO2S/c1-2-5-9(8(10)11)7-4-3-6-12-7/h3-4,6H,2,5H2,1H3,(H,10,11). The SMILES string of the molecule is CCCN(C(=O)O)c1cccs1. The maximum atomic E-state index is 10.7. The molecule has 1 heterocycles. The Kier molecular flexibility index (Phi) is 3.10. The molecule has 66 valence electrons. The number of nitrogens with zero attached hydrogens (tertiary/aromatic N) is 1. The van der Waals surface area contributed by atoms with Gasteiger partial charge < -0.3 is 5.11 Å². The zero-order chi connectivity index (χ0) is 8.97. The molecule has 12 heavy (non-hydrogen) atoms. The van der Waals surface area contributed by atoms with Gasteiger partial charge in [-0.15, -0.1) is 11.3 Å². The molecule has 0 fully saturated rings. The van der Waals surface area contributed by atoms with E-state index in [2.05, 4.69) is 0 Å². The van der Waals surface area contributed by atoms with Crippen molar-refractivity contribution in [1.82, 2.24) is 0 Å². The lowest BCUT2D eigenvalue weighted by Crippen LogP contribution is -2.28. The first-order chi connectivity index (χ1) is 5.75. The second kappa shape index (κ2) is 4.11. The summed E-state index contributed by atoms with van der Waals surface area (Å²) in [6, 6.07) is 3.67. The first kappa shape index (κ1) is 9.06. The third-order valence-electron chi connectivity index (χ3n) is 1.45. The normalized spacial score (nSPS) is 9.75. The predicted octanol–water partition coefficient (Wildman–Crippen LogP) is 2.64. The summed E-state index contributed by atoms with van der Waals surface area (Å²) in [5, 5.41) is 11.5. The summed E-state index contributed by atoms with van der Waals surface area (Å²) in [6.45, 7) is 2.53. The summed E-state index contributed by atoms with van der Waals surface area (Å²) in [4.78, 5) is 12.1. The molecule has 1 aromatic heterocycles. The van der Waals surface area contributed by atoms with Crippen molar-refractivity contribution in [1.29, 1.82) is 0 Å². The van der Waals surface area contributed by atoms with Crippen molar-refractivity contribution < 1.29 is 9.90 Å². The maximum absolute atomic E-state index is 10.7. The predicted molar refractivity (Wildman–Crippen MR) is 50.0 cm³/mol. The molecule has 3 nitrogen and oxygen atoms in total. The third kappa shape index (κ3) is 1.98. The first-order valence-corrected chi connectivity index (χ1v) is 4.67. The van der Waals surface area contributed by atoms with Crippen LogP contribution in [0.5, 0.6) is 0 Å². The number of thiophene rings is 1. The van der Waals surface area contributed by atoms with E-state index in [0.717, 1.165) is 11.4 Å². The smallest absolute Gasteiger partial charge is 0.412 e. The van der Waals surface area contributed by atoms with Crippen LogP contribution in [0.1, 0.15) is 13.3 Å². The summed E-state index contributed by atoms with van der Waals surface area (Å²) in [6.07, 6.45) is -0.0381. The maximum Gasteiger partial charge on any atom is 0.412 e. The second-order valence-electron chi connectivity index (χ2n) is 2.39. The molecule has 0 unspecified atom stereocenters. The molecule has 0 saturated carbocycles. The minimum absolute atomic E-state index is 0.565. The number of hydrogen-bond donors (Lipinski definition) is 1. The molecule has 0 aliphatic rings. The second-order valence-corrected chi connectivity index (χ2v) is 3.31. The number of rotatable bonds is 3. The molecule has 0 aliphatic carbocycles. The third-order valence-corrected chi connectivity index (χ3v) is 2.34. The van der Waals surface area contributed by atoms with E-state index < -0.39 is 6.09 Å². The quantitative estimate of drug-likeness (QED) is 0.786. The van der Waals surface area contributed by atoms with E-state index in [1.807, 2.05) is 24.4 Å². The van der Waals surface area contributed by atoms with E-state index >= 15 is 0 Å². The van der Waals surface area contributed by atoms with Gasteiger partial charge in [0.2, 0.25) is 0 Å². The van der Waals surface area contributed by atoms with Crippen LogP contribution in [-0.4, -0.2) is 17.7 Å². The van der Waals surface area contributed by atoms with Gasteiger partial charge in [0.1, 0.15) is 5.00 Å². The number of carboxylic acid groups (broad SMARTS) is 1. The van der Waals surface area contributed by atoms with E-state index in [9.17, 15) is 4.79 Å². The van der Waals surface area contributed by atoms with Crippen molar-refractivity contribution in [2.45, 2.75) is 13.3 Å². The van der Waals surface area contributed by atoms with Crippen LogP contribution in [0.4, 0.5) is 9.80 Å². The molecule has 1 rings (SSSR count). The molecule has 0 spiro atoms. The minimum Gasteiger partial charge on any atom is -0.465 e. The van der Waals surface area contributed by atoms with Crippen LogP contribution in [0, 0.1) is 0 Å². The molecule has 0 aromatic carbocycles. The highest BCUT2D eigenvalue weighted by atomic mass is 32.1. The fourth-order valence-electron chi connectivity index (χ4n) is 0.947. The van der Waals surface area contributed by atoms with Crippen molar-refractivity contribution in [2.24, 2.45) is 0 Å². The van der Waals surface area contributed by atoms with Gasteiger partial charge in [-0.05, 0) is 23.9 Å². The fourth-order valence-corrected chi connectivity index (χ4v) is 1.70. The molecular formula is C8H11NO2S. The van der Waals surface area contributed by atoms with Crippen LogP contribution in [0.2, 0.25) is 0 Å². The number of amides is 1. The van der Waals surface area contributed by atoms with Crippen LogP contribution in [0.25, 0.3) is 0 Å². The van der Waals surface area contributed by atoms with Crippen molar-refractivity contribution in [3.63, 3.8) is 0 Å². The molecule has 1 amide bonds. The zero-order valence-corrected chi connectivity index (χ0v) is 7.67. The summed E-state index contributed by atoms with van der Waals surface area (Å²) < 4.78 is 0. The molecule has 0 aliphatic heterocycles. The number of carbonyl (C=O) groups is 1. The van der Waals surface area contributed by atoms with Gasteiger partial charge in [-0.2, -0.15) is 0 Å². The Morgan fingerprint density at radius 2 is 2.50 bits per heavy atom. The summed E-state index contributed by atoms with van der Waals surface area (Å²) in [7, 11) is 0. The lowest BCUT2D eigenvalue weighted by Gasteiger charge is -2.15. The first-order valence-electron chi connectivity index (χ1n) is 3.79. The Labute approximate surface area is 75.2 Å². The average Bonchev–Trinajstić information content (AvgIpc) is 2.51. The van der Waals surface area contributed by atoms with Gasteiger partial charge in [0.05, 0.1) is 0 Å². The van der Waals surface area contributed by atoms with Crippen LogP contribution in [-0.2, 0) is 0 Å². The van der Waals surface area contributed by atoms with Crippen LogP contribution < -0.4 is 4.90 Å². The Hall–Kier alpha value is -1.03. The molecular weight excluding hydrogens is 174 g/mol. The Morgan fingerprint density at radius 3 is 2.92 bits per heavy atom. The molecule has 0 bridgehead atoms. The van der Waals surface area contributed by atoms with E-state index in [1.165, 1.54) is 16.2 Å². The van der Waals surface area contributed by atoms with Crippen LogP contribution >= 0.6 is 11.3 Å². The largest absolute Gasteiger partial charge is 0.465 e. The average molecular weight is 185 g/mol. The monoisotopic (exact) mass is 185 g/mol. The molecule has 0 atom stereocenters. The summed E-state index contributed by atoms with van der Waals surface area (Å²) >= 11 is 1.44. The Morgan fingerprint density at radius 1 is 1.75 bits per heavy atom. The molecule has 1 aromatic rings. The summed E-state index contributed by atoms with van der Waals surface area (Å²) in [5.41, 5.74) is 0. The van der Waals surface area contributed by atoms with Gasteiger partial charge >= 0.3 is 6.09 Å². The van der Waals surface area contributed by atoms with Crippen molar-refractivity contribution >= 4 is 22.4 Å². The highest BCUT2D eigenvalue weighted by molar-refractivity contribution is 7.14. The minimum atomic E-state index is -0.876. The Balaban J connectivity index is 2.73. The summed E-state index contributed by atoms with van der Waals surface area (Å²) in [5.74, 6) is 0. The Bertz CT molecular complexity index is 246. The van der Waals surface area contributed by atoms with Gasteiger partial charge in [0.25, 0.3) is 0 Å². The molecule has 0 saturated heterocycles. The highest BCUT2D eigenvalue weighted by Crippen LogP contribution is 2.21.